The van der Waals surface area contributed by atoms with Crippen molar-refractivity contribution in [2.45, 2.75) is 6.42 Å². The summed E-state index contributed by atoms with van der Waals surface area (Å²) < 4.78 is 19.0. The first-order valence-electron chi connectivity index (χ1n) is 6.69. The molecule has 0 aromatic heterocycles. The minimum absolute atomic E-state index is 0.243. The lowest BCUT2D eigenvalue weighted by atomic mass is 10.2. The third kappa shape index (κ3) is 4.85. The molecule has 1 heterocycles. The molecule has 0 radical (unpaired) electrons. The van der Waals surface area contributed by atoms with Crippen molar-refractivity contribution in [3.05, 3.63) is 34.1 Å². The van der Waals surface area contributed by atoms with Crippen LogP contribution in [0, 0.1) is 5.82 Å². The van der Waals surface area contributed by atoms with E-state index < -0.39 is 5.82 Å². The van der Waals surface area contributed by atoms with Crippen LogP contribution in [0.4, 0.5) is 4.39 Å². The Balaban J connectivity index is 1.71. The van der Waals surface area contributed by atoms with Gasteiger partial charge in [-0.05, 0) is 31.2 Å². The van der Waals surface area contributed by atoms with E-state index in [1.54, 1.807) is 6.07 Å². The zero-order valence-corrected chi connectivity index (χ0v) is 12.8. The van der Waals surface area contributed by atoms with E-state index in [9.17, 15) is 9.18 Å². The number of benzene rings is 1. The highest BCUT2D eigenvalue weighted by molar-refractivity contribution is 9.10. The van der Waals surface area contributed by atoms with Crippen molar-refractivity contribution in [1.29, 1.82) is 0 Å². The van der Waals surface area contributed by atoms with Crippen LogP contribution in [-0.4, -0.2) is 50.2 Å². The van der Waals surface area contributed by atoms with Crippen LogP contribution < -0.4 is 5.32 Å². The lowest BCUT2D eigenvalue weighted by Gasteiger charge is -2.26. The van der Waals surface area contributed by atoms with Crippen molar-refractivity contribution in [3.63, 3.8) is 0 Å². The summed E-state index contributed by atoms with van der Waals surface area (Å²) in [5.74, 6) is -0.662. The maximum absolute atomic E-state index is 13.2. The molecule has 6 heteroatoms. The fraction of sp³-hybridized carbons (Fsp3) is 0.500. The van der Waals surface area contributed by atoms with Crippen LogP contribution in [0.1, 0.15) is 16.8 Å². The zero-order valence-electron chi connectivity index (χ0n) is 11.2. The van der Waals surface area contributed by atoms with E-state index in [2.05, 4.69) is 26.1 Å². The lowest BCUT2D eigenvalue weighted by Crippen LogP contribution is -2.38. The number of hydrogen-bond donors (Lipinski definition) is 1. The van der Waals surface area contributed by atoms with Gasteiger partial charge >= 0.3 is 0 Å². The molecule has 0 bridgehead atoms. The number of ether oxygens (including phenoxy) is 1. The molecule has 0 spiro atoms. The summed E-state index contributed by atoms with van der Waals surface area (Å²) in [6.07, 6.45) is 0.877. The van der Waals surface area contributed by atoms with Gasteiger partial charge in [0.15, 0.2) is 0 Å². The van der Waals surface area contributed by atoms with E-state index in [0.717, 1.165) is 39.3 Å². The molecule has 2 rings (SSSR count). The lowest BCUT2D eigenvalue weighted by molar-refractivity contribution is 0.0374. The van der Waals surface area contributed by atoms with Gasteiger partial charge < -0.3 is 10.1 Å². The molecule has 0 aliphatic carbocycles. The molecule has 1 aromatic rings. The number of carbonyl (C=O) groups excluding carboxylic acids is 1. The summed E-state index contributed by atoms with van der Waals surface area (Å²) in [6, 6.07) is 4.18. The third-order valence-electron chi connectivity index (χ3n) is 3.17. The van der Waals surface area contributed by atoms with Gasteiger partial charge in [0, 0.05) is 29.7 Å². The SMILES string of the molecule is O=C(NCCCN1CCOCC1)c1cc(F)cc(Br)c1. The summed E-state index contributed by atoms with van der Waals surface area (Å²) in [7, 11) is 0. The first kappa shape index (κ1) is 15.4. The number of nitrogens with zero attached hydrogens (tertiary/aromatic N) is 1. The molecule has 4 nitrogen and oxygen atoms in total. The second-order valence-electron chi connectivity index (χ2n) is 4.72. The minimum Gasteiger partial charge on any atom is -0.379 e. The van der Waals surface area contributed by atoms with Crippen molar-refractivity contribution >= 4 is 21.8 Å². The first-order valence-corrected chi connectivity index (χ1v) is 7.49. The fourth-order valence-electron chi connectivity index (χ4n) is 2.12. The van der Waals surface area contributed by atoms with E-state index in [1.165, 1.54) is 12.1 Å². The average molecular weight is 345 g/mol. The van der Waals surface area contributed by atoms with E-state index in [0.29, 0.717) is 16.6 Å². The molecule has 0 atom stereocenters. The second kappa shape index (κ2) is 7.71. The molecule has 1 aliphatic rings. The molecule has 1 N–H and O–H groups in total. The number of carbonyl (C=O) groups is 1. The van der Waals surface area contributed by atoms with Gasteiger partial charge in [0.2, 0.25) is 0 Å². The van der Waals surface area contributed by atoms with Gasteiger partial charge in [-0.3, -0.25) is 9.69 Å². The van der Waals surface area contributed by atoms with Crippen molar-refractivity contribution in [2.24, 2.45) is 0 Å². The largest absolute Gasteiger partial charge is 0.379 e. The maximum atomic E-state index is 13.2. The van der Waals surface area contributed by atoms with Crippen molar-refractivity contribution in [2.75, 3.05) is 39.4 Å². The predicted octanol–water partition coefficient (Wildman–Crippen LogP) is 2.04. The van der Waals surface area contributed by atoms with Crippen LogP contribution in [0.2, 0.25) is 0 Å². The molecule has 0 unspecified atom stereocenters. The Labute approximate surface area is 126 Å². The Kier molecular flexibility index (Phi) is 5.94. The van der Waals surface area contributed by atoms with Crippen LogP contribution in [0.3, 0.4) is 0 Å². The number of hydrogen-bond acceptors (Lipinski definition) is 3. The fourth-order valence-corrected chi connectivity index (χ4v) is 2.58. The highest BCUT2D eigenvalue weighted by Gasteiger charge is 2.10. The molecule has 1 saturated heterocycles. The summed E-state index contributed by atoms with van der Waals surface area (Å²) in [5.41, 5.74) is 0.336. The van der Waals surface area contributed by atoms with Crippen LogP contribution >= 0.6 is 15.9 Å². The zero-order chi connectivity index (χ0) is 14.4. The monoisotopic (exact) mass is 344 g/mol. The predicted molar refractivity (Wildman–Crippen MR) is 78.3 cm³/mol. The van der Waals surface area contributed by atoms with Crippen LogP contribution in [0.15, 0.2) is 22.7 Å². The molecule has 1 fully saturated rings. The van der Waals surface area contributed by atoms with Crippen molar-refractivity contribution < 1.29 is 13.9 Å². The summed E-state index contributed by atoms with van der Waals surface area (Å²) in [4.78, 5) is 14.2. The topological polar surface area (TPSA) is 41.6 Å². The number of halogens is 2. The average Bonchev–Trinajstić information content (AvgIpc) is 2.43. The van der Waals surface area contributed by atoms with Gasteiger partial charge in [0.1, 0.15) is 5.82 Å². The molecule has 110 valence electrons. The van der Waals surface area contributed by atoms with Crippen molar-refractivity contribution in [1.82, 2.24) is 10.2 Å². The maximum Gasteiger partial charge on any atom is 0.251 e. The van der Waals surface area contributed by atoms with Gasteiger partial charge in [-0.15, -0.1) is 0 Å². The van der Waals surface area contributed by atoms with Gasteiger partial charge in [-0.25, -0.2) is 4.39 Å². The van der Waals surface area contributed by atoms with Gasteiger partial charge in [-0.1, -0.05) is 15.9 Å². The second-order valence-corrected chi connectivity index (χ2v) is 5.64. The molecule has 1 aliphatic heterocycles. The van der Waals surface area contributed by atoms with E-state index in [1.807, 2.05) is 0 Å². The quantitative estimate of drug-likeness (QED) is 0.831. The smallest absolute Gasteiger partial charge is 0.251 e. The normalized spacial score (nSPS) is 16.1. The highest BCUT2D eigenvalue weighted by atomic mass is 79.9. The Morgan fingerprint density at radius 2 is 2.10 bits per heavy atom. The van der Waals surface area contributed by atoms with Gasteiger partial charge in [0.25, 0.3) is 5.91 Å². The highest BCUT2D eigenvalue weighted by Crippen LogP contribution is 2.14. The number of nitrogens with one attached hydrogen (secondary N) is 1. The Morgan fingerprint density at radius 3 is 2.80 bits per heavy atom. The molecule has 1 amide bonds. The number of rotatable bonds is 5. The Morgan fingerprint density at radius 1 is 1.35 bits per heavy atom. The molecular formula is C14H18BrFN2O2. The summed E-state index contributed by atoms with van der Waals surface area (Å²) in [6.45, 7) is 4.99. The van der Waals surface area contributed by atoms with Crippen molar-refractivity contribution in [3.8, 4) is 0 Å². The molecule has 20 heavy (non-hydrogen) atoms. The van der Waals surface area contributed by atoms with Gasteiger partial charge in [0.05, 0.1) is 13.2 Å². The van der Waals surface area contributed by atoms with Crippen LogP contribution in [0.25, 0.3) is 0 Å². The van der Waals surface area contributed by atoms with E-state index >= 15 is 0 Å². The van der Waals surface area contributed by atoms with E-state index in [4.69, 9.17) is 4.74 Å². The van der Waals surface area contributed by atoms with Gasteiger partial charge in [-0.2, -0.15) is 0 Å². The first-order chi connectivity index (χ1) is 9.65. The molecule has 0 saturated carbocycles. The van der Waals surface area contributed by atoms with Crippen LogP contribution in [-0.2, 0) is 4.74 Å². The molecule has 1 aromatic carbocycles. The summed E-state index contributed by atoms with van der Waals surface area (Å²) in [5, 5.41) is 2.81. The third-order valence-corrected chi connectivity index (χ3v) is 3.62. The Bertz CT molecular complexity index is 444. The van der Waals surface area contributed by atoms with Crippen LogP contribution in [0.5, 0.6) is 0 Å². The Hall–Kier alpha value is -0.980. The minimum atomic E-state index is -0.419. The summed E-state index contributed by atoms with van der Waals surface area (Å²) >= 11 is 3.18. The van der Waals surface area contributed by atoms with E-state index in [-0.39, 0.29) is 5.91 Å². The molecular weight excluding hydrogens is 327 g/mol. The number of amides is 1. The standard InChI is InChI=1S/C14H18BrFN2O2/c15-12-8-11(9-13(16)10-12)14(19)17-2-1-3-18-4-6-20-7-5-18/h8-10H,1-7H2,(H,17,19). The number of morpholine rings is 1.